The van der Waals surface area contributed by atoms with Gasteiger partial charge in [-0.25, -0.2) is 4.79 Å². The molecule has 0 unspecified atom stereocenters. The average molecular weight is 435 g/mol. The molecule has 0 aromatic rings. The highest BCUT2D eigenvalue weighted by Crippen LogP contribution is 1.95. The number of hydrogen-bond donors (Lipinski definition) is 3. The molecular formula is C18H29NO11. The molecule has 3 N–H and O–H groups in total. The summed E-state index contributed by atoms with van der Waals surface area (Å²) in [6.07, 6.45) is -0.309. The second kappa shape index (κ2) is 18.5. The summed E-state index contributed by atoms with van der Waals surface area (Å²) in [5.41, 5.74) is 0. The van der Waals surface area contributed by atoms with E-state index in [9.17, 15) is 24.0 Å². The van der Waals surface area contributed by atoms with Gasteiger partial charge in [-0.2, -0.15) is 0 Å². The first-order valence-electron chi connectivity index (χ1n) is 9.46. The monoisotopic (exact) mass is 435 g/mol. The van der Waals surface area contributed by atoms with Crippen LogP contribution in [-0.4, -0.2) is 92.6 Å². The van der Waals surface area contributed by atoms with Crippen molar-refractivity contribution in [2.45, 2.75) is 32.1 Å². The highest BCUT2D eigenvalue weighted by Gasteiger charge is 2.14. The maximum Gasteiger partial charge on any atom is 0.372 e. The lowest BCUT2D eigenvalue weighted by molar-refractivity contribution is -0.151. The predicted molar refractivity (Wildman–Crippen MR) is 99.8 cm³/mol. The fourth-order valence-corrected chi connectivity index (χ4v) is 1.86. The smallest absolute Gasteiger partial charge is 0.372 e. The summed E-state index contributed by atoms with van der Waals surface area (Å²) >= 11 is 0. The van der Waals surface area contributed by atoms with Gasteiger partial charge in [0.25, 0.3) is 0 Å². The highest BCUT2D eigenvalue weighted by molar-refractivity contribution is 6.32. The number of ketones is 1. The van der Waals surface area contributed by atoms with E-state index in [1.807, 2.05) is 0 Å². The van der Waals surface area contributed by atoms with E-state index < -0.39 is 30.1 Å². The number of carbonyl (C=O) groups excluding carboxylic acids is 3. The number of nitrogens with one attached hydrogen (secondary N) is 1. The minimum Gasteiger partial charge on any atom is -0.481 e. The van der Waals surface area contributed by atoms with Crippen molar-refractivity contribution >= 4 is 29.6 Å². The molecule has 0 aromatic heterocycles. The van der Waals surface area contributed by atoms with Crippen LogP contribution in [0.25, 0.3) is 0 Å². The van der Waals surface area contributed by atoms with E-state index in [1.54, 1.807) is 0 Å². The Balaban J connectivity index is 3.29. The first-order chi connectivity index (χ1) is 14.3. The minimum atomic E-state index is -1.57. The lowest BCUT2D eigenvalue weighted by atomic mass is 10.2. The van der Waals surface area contributed by atoms with Crippen molar-refractivity contribution in [3.63, 3.8) is 0 Å². The lowest BCUT2D eigenvalue weighted by Gasteiger charge is -2.08. The molecule has 0 aromatic carbocycles. The molecule has 1 amide bonds. The van der Waals surface area contributed by atoms with Crippen molar-refractivity contribution in [2.75, 3.05) is 52.8 Å². The summed E-state index contributed by atoms with van der Waals surface area (Å²) in [4.78, 5) is 53.9. The summed E-state index contributed by atoms with van der Waals surface area (Å²) in [6, 6.07) is 0. The fraction of sp³-hybridized carbons (Fsp3) is 0.722. The molecule has 12 nitrogen and oxygen atoms in total. The van der Waals surface area contributed by atoms with E-state index in [1.165, 1.54) is 0 Å². The van der Waals surface area contributed by atoms with Crippen molar-refractivity contribution < 1.29 is 53.1 Å². The number of rotatable bonds is 20. The topological polar surface area (TPSA) is 175 Å². The molecular weight excluding hydrogens is 406 g/mol. The van der Waals surface area contributed by atoms with Crippen LogP contribution < -0.4 is 5.32 Å². The highest BCUT2D eigenvalue weighted by atomic mass is 16.6. The third-order valence-corrected chi connectivity index (χ3v) is 3.38. The molecule has 0 spiro atoms. The zero-order valence-corrected chi connectivity index (χ0v) is 16.8. The van der Waals surface area contributed by atoms with E-state index >= 15 is 0 Å². The van der Waals surface area contributed by atoms with Crippen LogP contribution in [0.1, 0.15) is 32.1 Å². The molecule has 172 valence electrons. The van der Waals surface area contributed by atoms with Crippen LogP contribution in [0.15, 0.2) is 0 Å². The number of carboxylic acid groups (broad SMARTS) is 2. The normalized spacial score (nSPS) is 10.4. The largest absolute Gasteiger partial charge is 0.481 e. The molecule has 0 fully saturated rings. The van der Waals surface area contributed by atoms with E-state index in [-0.39, 0.29) is 45.0 Å². The minimum absolute atomic E-state index is 0.00392. The van der Waals surface area contributed by atoms with Crippen LogP contribution >= 0.6 is 0 Å². The van der Waals surface area contributed by atoms with Crippen LogP contribution in [0.2, 0.25) is 0 Å². The standard InChI is InChI=1S/C18H29NO11/c20-14(18(25)26)2-5-17(24)30-13-12-29-11-10-28-9-8-27-7-1-6-19-15(21)3-4-16(22)23/h1-13H2,(H,19,21)(H,22,23)(H,25,26). The van der Waals surface area contributed by atoms with Crippen molar-refractivity contribution in [1.29, 1.82) is 0 Å². The summed E-state index contributed by atoms with van der Waals surface area (Å²) in [5, 5.41) is 19.4. The molecule has 0 aliphatic heterocycles. The molecule has 0 aliphatic rings. The van der Waals surface area contributed by atoms with Gasteiger partial charge in [0.05, 0.1) is 45.9 Å². The van der Waals surface area contributed by atoms with Gasteiger partial charge in [0, 0.05) is 26.0 Å². The summed E-state index contributed by atoms with van der Waals surface area (Å²) < 4.78 is 20.5. The molecule has 0 rings (SSSR count). The Hall–Kier alpha value is -2.57. The first-order valence-corrected chi connectivity index (χ1v) is 9.46. The number of aliphatic carboxylic acids is 2. The third kappa shape index (κ3) is 18.8. The van der Waals surface area contributed by atoms with Crippen molar-refractivity contribution in [3.05, 3.63) is 0 Å². The second-order valence-electron chi connectivity index (χ2n) is 5.88. The number of ether oxygens (including phenoxy) is 4. The zero-order chi connectivity index (χ0) is 22.6. The Morgan fingerprint density at radius 1 is 0.667 bits per heavy atom. The molecule has 30 heavy (non-hydrogen) atoms. The Morgan fingerprint density at radius 2 is 1.23 bits per heavy atom. The molecule has 12 heteroatoms. The SMILES string of the molecule is O=C(O)CCC(=O)NCCCOCCOCCOCCOC(=O)CCC(=O)C(=O)O. The lowest BCUT2D eigenvalue weighted by Crippen LogP contribution is -2.25. The van der Waals surface area contributed by atoms with Crippen LogP contribution in [0, 0.1) is 0 Å². The van der Waals surface area contributed by atoms with Gasteiger partial charge in [-0.15, -0.1) is 0 Å². The molecule has 0 radical (unpaired) electrons. The molecule has 0 saturated carbocycles. The van der Waals surface area contributed by atoms with E-state index in [0.717, 1.165) is 0 Å². The van der Waals surface area contributed by atoms with Crippen molar-refractivity contribution in [3.8, 4) is 0 Å². The van der Waals surface area contributed by atoms with Crippen LogP contribution in [0.4, 0.5) is 0 Å². The van der Waals surface area contributed by atoms with Gasteiger partial charge in [0.15, 0.2) is 0 Å². The number of carboxylic acids is 2. The maximum absolute atomic E-state index is 11.3. The van der Waals surface area contributed by atoms with Gasteiger partial charge in [-0.3, -0.25) is 19.2 Å². The molecule has 0 aliphatic carbocycles. The van der Waals surface area contributed by atoms with E-state index in [4.69, 9.17) is 29.2 Å². The van der Waals surface area contributed by atoms with Gasteiger partial charge in [0.1, 0.15) is 6.61 Å². The number of hydrogen-bond acceptors (Lipinski definition) is 9. The van der Waals surface area contributed by atoms with Crippen molar-refractivity contribution in [2.24, 2.45) is 0 Å². The predicted octanol–water partition coefficient (Wildman–Crippen LogP) is -0.616. The van der Waals surface area contributed by atoms with E-state index in [2.05, 4.69) is 5.32 Å². The van der Waals surface area contributed by atoms with Gasteiger partial charge >= 0.3 is 17.9 Å². The van der Waals surface area contributed by atoms with E-state index in [0.29, 0.717) is 39.4 Å². The Morgan fingerprint density at radius 3 is 1.80 bits per heavy atom. The molecule has 0 atom stereocenters. The van der Waals surface area contributed by atoms with Crippen molar-refractivity contribution in [1.82, 2.24) is 5.32 Å². The zero-order valence-electron chi connectivity index (χ0n) is 16.8. The van der Waals surface area contributed by atoms with Gasteiger partial charge in [0.2, 0.25) is 11.7 Å². The Kier molecular flexibility index (Phi) is 16.9. The number of esters is 1. The van der Waals surface area contributed by atoms with Gasteiger partial charge < -0.3 is 34.5 Å². The first kappa shape index (κ1) is 27.4. The molecule has 0 saturated heterocycles. The average Bonchev–Trinajstić information content (AvgIpc) is 2.70. The number of Topliss-reactive ketones (excluding diaryl/α,β-unsaturated/α-hetero) is 1. The summed E-state index contributed by atoms with van der Waals surface area (Å²) in [6.45, 7) is 2.34. The Labute approximate surface area is 173 Å². The van der Waals surface area contributed by atoms with Crippen LogP contribution in [-0.2, 0) is 42.9 Å². The number of carbonyl (C=O) groups is 5. The maximum atomic E-state index is 11.3. The van der Waals surface area contributed by atoms with Crippen LogP contribution in [0.5, 0.6) is 0 Å². The van der Waals surface area contributed by atoms with Crippen LogP contribution in [0.3, 0.4) is 0 Å². The third-order valence-electron chi connectivity index (χ3n) is 3.38. The summed E-state index contributed by atoms with van der Waals surface area (Å²) in [5.74, 6) is -4.59. The summed E-state index contributed by atoms with van der Waals surface area (Å²) in [7, 11) is 0. The Bertz CT molecular complexity index is 550. The second-order valence-corrected chi connectivity index (χ2v) is 5.88. The molecule has 0 heterocycles. The number of amides is 1. The molecule has 0 bridgehead atoms. The quantitative estimate of drug-likeness (QED) is 0.126. The van der Waals surface area contributed by atoms with Gasteiger partial charge in [-0.1, -0.05) is 0 Å². The van der Waals surface area contributed by atoms with Gasteiger partial charge in [-0.05, 0) is 6.42 Å². The fourth-order valence-electron chi connectivity index (χ4n) is 1.86.